The van der Waals surface area contributed by atoms with Crippen LogP contribution >= 0.6 is 0 Å². The molecule has 1 N–H and O–H groups in total. The summed E-state index contributed by atoms with van der Waals surface area (Å²) in [5.41, 5.74) is 2.31. The van der Waals surface area contributed by atoms with Gasteiger partial charge in [-0.25, -0.2) is 9.80 Å². The van der Waals surface area contributed by atoms with Crippen molar-refractivity contribution in [3.63, 3.8) is 0 Å². The van der Waals surface area contributed by atoms with E-state index in [1.807, 2.05) is 63.2 Å². The summed E-state index contributed by atoms with van der Waals surface area (Å²) in [6, 6.07) is 17.3. The number of carbonyl (C=O) groups is 4. The van der Waals surface area contributed by atoms with E-state index < -0.39 is 28.8 Å². The van der Waals surface area contributed by atoms with E-state index >= 15 is 0 Å². The van der Waals surface area contributed by atoms with Crippen molar-refractivity contribution in [2.45, 2.75) is 101 Å². The van der Waals surface area contributed by atoms with Crippen LogP contribution in [0.4, 0.5) is 4.79 Å². The molecule has 3 atom stereocenters. The largest absolute Gasteiger partial charge is 0.444 e. The monoisotopic (exact) mass is 697 g/mol. The third-order valence-corrected chi connectivity index (χ3v) is 10.9. The maximum Gasteiger partial charge on any atom is 0.408 e. The topological polar surface area (TPSA) is 102 Å². The van der Waals surface area contributed by atoms with E-state index in [1.165, 1.54) is 16.5 Å². The van der Waals surface area contributed by atoms with Crippen molar-refractivity contribution in [2.24, 2.45) is 0 Å². The molecule has 51 heavy (non-hydrogen) atoms. The Labute approximate surface area is 303 Å². The maximum absolute atomic E-state index is 14.8. The molecule has 0 radical (unpaired) electrons. The van der Waals surface area contributed by atoms with Crippen LogP contribution in [0.3, 0.4) is 0 Å². The number of benzene rings is 2. The fraction of sp³-hybridized carbons (Fsp3) is 0.512. The molecule has 274 valence electrons. The molecule has 2 aromatic carbocycles. The van der Waals surface area contributed by atoms with E-state index in [4.69, 9.17) is 4.74 Å². The Morgan fingerprint density at radius 2 is 1.61 bits per heavy atom. The van der Waals surface area contributed by atoms with Gasteiger partial charge in [-0.3, -0.25) is 19.4 Å². The van der Waals surface area contributed by atoms with Crippen molar-refractivity contribution in [2.75, 3.05) is 35.2 Å². The first-order valence-electron chi connectivity index (χ1n) is 18.1. The van der Waals surface area contributed by atoms with E-state index in [0.29, 0.717) is 19.3 Å². The highest BCUT2D eigenvalue weighted by Crippen LogP contribution is 2.56. The number of carbonyl (C=O) groups excluding carboxylic acids is 4. The van der Waals surface area contributed by atoms with Crippen LogP contribution < -0.4 is 5.32 Å². The molecule has 10 heteroatoms. The Morgan fingerprint density at radius 1 is 0.941 bits per heavy atom. The van der Waals surface area contributed by atoms with Crippen LogP contribution in [0.15, 0.2) is 72.3 Å². The number of likely N-dealkylation sites (N-methyl/N-ethyl adjacent to an activating group) is 3. The van der Waals surface area contributed by atoms with E-state index in [1.54, 1.807) is 56.2 Å². The van der Waals surface area contributed by atoms with Crippen LogP contribution in [0.2, 0.25) is 0 Å². The second-order valence-electron chi connectivity index (χ2n) is 15.7. The number of hydrazine groups is 1. The van der Waals surface area contributed by atoms with Crippen LogP contribution in [-0.4, -0.2) is 102 Å². The maximum atomic E-state index is 14.8. The molecule has 2 saturated carbocycles. The Morgan fingerprint density at radius 3 is 2.24 bits per heavy atom. The van der Waals surface area contributed by atoms with Gasteiger partial charge in [0.25, 0.3) is 5.91 Å². The minimum absolute atomic E-state index is 0.168. The number of nitrogens with zero attached hydrogens (tertiary/aromatic N) is 4. The summed E-state index contributed by atoms with van der Waals surface area (Å²) in [6.07, 6.45) is 10.5. The molecule has 0 aromatic heterocycles. The summed E-state index contributed by atoms with van der Waals surface area (Å²) in [6.45, 7) is 5.49. The standard InChI is InChI=1S/C41H55N5O5/c1-39(2,3)51-38(50)42-40(24-15-25-40)23-14-20-35(47)44(6)34(27-29-21-22-30-16-12-13-19-32(30)26-29)36(48)45(7)41(37(49)46(8)43(4)5)28-33(41)31-17-10-9-11-18-31/h9-14,16-20,26,33-34H,15,21-25,27-28H2,1-8H3,(H,42,50)/b20-14+/t33?,34-,41?/m1/s1. The number of ether oxygens (including phenoxy) is 1. The van der Waals surface area contributed by atoms with Gasteiger partial charge in [-0.05, 0) is 94.9 Å². The molecule has 0 spiro atoms. The van der Waals surface area contributed by atoms with Gasteiger partial charge in [-0.15, -0.1) is 0 Å². The minimum Gasteiger partial charge on any atom is -0.444 e. The minimum atomic E-state index is -1.09. The van der Waals surface area contributed by atoms with Crippen molar-refractivity contribution >= 4 is 29.9 Å². The van der Waals surface area contributed by atoms with Gasteiger partial charge in [-0.1, -0.05) is 72.3 Å². The SMILES string of the molecule is CN(C(=O)/C=C/CC1(NC(=O)OC(C)(C)C)CCC1)[C@H](CC1=Cc2ccccc2CC1)C(=O)N(C)C1(C(=O)N(C)N(C)C)CC1c1ccccc1. The predicted molar refractivity (Wildman–Crippen MR) is 199 cm³/mol. The van der Waals surface area contributed by atoms with Crippen LogP contribution in [0.5, 0.6) is 0 Å². The zero-order valence-electron chi connectivity index (χ0n) is 31.6. The van der Waals surface area contributed by atoms with Gasteiger partial charge >= 0.3 is 6.09 Å². The summed E-state index contributed by atoms with van der Waals surface area (Å²) in [7, 11) is 8.71. The van der Waals surface area contributed by atoms with Crippen molar-refractivity contribution in [1.29, 1.82) is 0 Å². The summed E-state index contributed by atoms with van der Waals surface area (Å²) >= 11 is 0. The Kier molecular flexibility index (Phi) is 11.1. The zero-order valence-corrected chi connectivity index (χ0v) is 31.6. The first kappa shape index (κ1) is 37.8. The highest BCUT2D eigenvalue weighted by molar-refractivity contribution is 5.99. The van der Waals surface area contributed by atoms with Gasteiger partial charge < -0.3 is 19.9 Å². The highest BCUT2D eigenvalue weighted by Gasteiger charge is 2.66. The Balaban J connectivity index is 1.41. The summed E-state index contributed by atoms with van der Waals surface area (Å²) < 4.78 is 5.50. The number of hydrogen-bond donors (Lipinski definition) is 1. The van der Waals surface area contributed by atoms with Crippen LogP contribution in [-0.2, 0) is 25.5 Å². The molecule has 2 unspecified atom stereocenters. The fourth-order valence-corrected chi connectivity index (χ4v) is 7.41. The number of rotatable bonds is 12. The molecule has 3 aliphatic rings. The third kappa shape index (κ3) is 8.38. The molecule has 0 aliphatic heterocycles. The van der Waals surface area contributed by atoms with Gasteiger partial charge in [0, 0.05) is 46.7 Å². The van der Waals surface area contributed by atoms with E-state index in [9.17, 15) is 19.2 Å². The second-order valence-corrected chi connectivity index (χ2v) is 15.7. The first-order chi connectivity index (χ1) is 24.1. The van der Waals surface area contributed by atoms with Crippen molar-refractivity contribution in [3.05, 3.63) is 89.0 Å². The number of hydrogen-bond acceptors (Lipinski definition) is 6. The Hall–Kier alpha value is -4.44. The summed E-state index contributed by atoms with van der Waals surface area (Å²) in [5, 5.41) is 6.31. The van der Waals surface area contributed by atoms with Crippen molar-refractivity contribution in [1.82, 2.24) is 25.1 Å². The third-order valence-electron chi connectivity index (χ3n) is 10.9. The van der Waals surface area contributed by atoms with E-state index in [2.05, 4.69) is 23.5 Å². The molecule has 0 heterocycles. The second kappa shape index (κ2) is 15.0. The zero-order chi connectivity index (χ0) is 37.1. The average molecular weight is 698 g/mol. The van der Waals surface area contributed by atoms with Crippen LogP contribution in [0, 0.1) is 0 Å². The number of nitrogens with one attached hydrogen (secondary N) is 1. The molecule has 2 fully saturated rings. The van der Waals surface area contributed by atoms with Crippen LogP contribution in [0.25, 0.3) is 6.08 Å². The lowest BCUT2D eigenvalue weighted by atomic mass is 9.74. The highest BCUT2D eigenvalue weighted by atomic mass is 16.6. The number of aryl methyl sites for hydroxylation is 1. The molecule has 0 saturated heterocycles. The fourth-order valence-electron chi connectivity index (χ4n) is 7.41. The average Bonchev–Trinajstić information content (AvgIpc) is 3.84. The Bertz CT molecular complexity index is 1670. The van der Waals surface area contributed by atoms with Gasteiger partial charge in [0.15, 0.2) is 0 Å². The lowest BCUT2D eigenvalue weighted by molar-refractivity contribution is -0.157. The summed E-state index contributed by atoms with van der Waals surface area (Å²) in [5.74, 6) is -0.938. The smallest absolute Gasteiger partial charge is 0.408 e. The molecule has 5 rings (SSSR count). The quantitative estimate of drug-likeness (QED) is 0.218. The molecule has 10 nitrogen and oxygen atoms in total. The predicted octanol–water partition coefficient (Wildman–Crippen LogP) is 5.95. The molecule has 0 bridgehead atoms. The lowest BCUT2D eigenvalue weighted by Crippen LogP contribution is -2.58. The number of alkyl carbamates (subject to hydrolysis) is 1. The van der Waals surface area contributed by atoms with E-state index in [0.717, 1.165) is 48.8 Å². The van der Waals surface area contributed by atoms with E-state index in [-0.39, 0.29) is 23.6 Å². The lowest BCUT2D eigenvalue weighted by Gasteiger charge is -2.42. The summed E-state index contributed by atoms with van der Waals surface area (Å²) in [4.78, 5) is 58.6. The number of amides is 4. The normalized spacial score (nSPS) is 21.1. The van der Waals surface area contributed by atoms with Crippen molar-refractivity contribution < 1.29 is 23.9 Å². The molecule has 4 amide bonds. The van der Waals surface area contributed by atoms with Gasteiger partial charge in [-0.2, -0.15) is 0 Å². The molecular weight excluding hydrogens is 642 g/mol. The van der Waals surface area contributed by atoms with Crippen molar-refractivity contribution in [3.8, 4) is 0 Å². The van der Waals surface area contributed by atoms with Gasteiger partial charge in [0.1, 0.15) is 17.2 Å². The number of fused-ring (bicyclic) bond motifs is 1. The van der Waals surface area contributed by atoms with Gasteiger partial charge in [0.2, 0.25) is 11.8 Å². The van der Waals surface area contributed by atoms with Gasteiger partial charge in [0.05, 0.1) is 0 Å². The molecule has 2 aromatic rings. The van der Waals surface area contributed by atoms with Crippen LogP contribution in [0.1, 0.15) is 88.3 Å². The first-order valence-corrected chi connectivity index (χ1v) is 18.1. The molecule has 3 aliphatic carbocycles. The molecular formula is C41H55N5O5.